The summed E-state index contributed by atoms with van der Waals surface area (Å²) in [7, 11) is 2.11. The first-order valence-electron chi connectivity index (χ1n) is 8.25. The quantitative estimate of drug-likeness (QED) is 0.808. The second-order valence-electron chi connectivity index (χ2n) is 6.16. The highest BCUT2D eigenvalue weighted by Gasteiger charge is 2.29. The third kappa shape index (κ3) is 4.49. The molecule has 1 unspecified atom stereocenters. The summed E-state index contributed by atoms with van der Waals surface area (Å²) in [5, 5.41) is 2.43. The van der Waals surface area contributed by atoms with Crippen LogP contribution in [-0.4, -0.2) is 73.3 Å². The first kappa shape index (κ1) is 17.3. The van der Waals surface area contributed by atoms with Gasteiger partial charge in [-0.15, -0.1) is 11.8 Å². The Morgan fingerprint density at radius 1 is 1.29 bits per heavy atom. The molecular weight excluding hydrogens is 326 g/mol. The van der Waals surface area contributed by atoms with E-state index < -0.39 is 5.25 Å². The maximum absolute atomic E-state index is 12.1. The van der Waals surface area contributed by atoms with E-state index in [4.69, 9.17) is 4.74 Å². The topological polar surface area (TPSA) is 61.9 Å². The lowest BCUT2D eigenvalue weighted by Gasteiger charge is -2.32. The number of rotatable bonds is 5. The van der Waals surface area contributed by atoms with Crippen LogP contribution in [0.5, 0.6) is 0 Å². The maximum atomic E-state index is 12.1. The normalized spacial score (nSPS) is 21.9. The zero-order valence-corrected chi connectivity index (χ0v) is 14.7. The van der Waals surface area contributed by atoms with Crippen molar-refractivity contribution in [1.29, 1.82) is 0 Å². The molecule has 0 spiro atoms. The highest BCUT2D eigenvalue weighted by atomic mass is 32.2. The van der Waals surface area contributed by atoms with E-state index in [1.807, 2.05) is 24.3 Å². The molecule has 2 aliphatic heterocycles. The maximum Gasteiger partial charge on any atom is 0.307 e. The molecule has 130 valence electrons. The number of fused-ring (bicyclic) bond motifs is 1. The molecule has 1 aromatic carbocycles. The van der Waals surface area contributed by atoms with Gasteiger partial charge in [-0.3, -0.25) is 14.5 Å². The molecule has 7 heteroatoms. The number of piperazine rings is 1. The molecule has 0 radical (unpaired) electrons. The summed E-state index contributed by atoms with van der Waals surface area (Å²) in [6.07, 6.45) is 0.105. The number of benzene rings is 1. The van der Waals surface area contributed by atoms with Crippen molar-refractivity contribution in [2.75, 3.05) is 51.7 Å². The number of ether oxygens (including phenoxy) is 1. The van der Waals surface area contributed by atoms with Crippen LogP contribution in [0, 0.1) is 0 Å². The lowest BCUT2D eigenvalue weighted by molar-refractivity contribution is -0.145. The van der Waals surface area contributed by atoms with Crippen LogP contribution in [0.3, 0.4) is 0 Å². The summed E-state index contributed by atoms with van der Waals surface area (Å²) in [4.78, 5) is 29.7. The van der Waals surface area contributed by atoms with Crippen LogP contribution in [0.4, 0.5) is 5.69 Å². The number of carbonyl (C=O) groups is 2. The van der Waals surface area contributed by atoms with Crippen LogP contribution in [-0.2, 0) is 14.3 Å². The summed E-state index contributed by atoms with van der Waals surface area (Å²) in [5.41, 5.74) is 0.812. The minimum atomic E-state index is -0.420. The molecule has 0 aromatic heterocycles. The fraction of sp³-hybridized carbons (Fsp3) is 0.529. The number of thioether (sulfide) groups is 1. The van der Waals surface area contributed by atoms with Gasteiger partial charge in [0, 0.05) is 37.6 Å². The highest BCUT2D eigenvalue weighted by Crippen LogP contribution is 2.36. The van der Waals surface area contributed by atoms with Crippen molar-refractivity contribution in [2.45, 2.75) is 16.6 Å². The van der Waals surface area contributed by atoms with Gasteiger partial charge < -0.3 is 15.0 Å². The van der Waals surface area contributed by atoms with Gasteiger partial charge in [0.1, 0.15) is 6.61 Å². The van der Waals surface area contributed by atoms with Crippen LogP contribution < -0.4 is 5.32 Å². The Hall–Kier alpha value is -1.57. The number of likely N-dealkylation sites (N-methyl/N-ethyl adjacent to an activating group) is 1. The Kier molecular flexibility index (Phi) is 5.76. The average Bonchev–Trinajstić information content (AvgIpc) is 2.57. The van der Waals surface area contributed by atoms with Gasteiger partial charge in [-0.2, -0.15) is 0 Å². The molecule has 3 rings (SSSR count). The minimum absolute atomic E-state index is 0.105. The summed E-state index contributed by atoms with van der Waals surface area (Å²) in [6, 6.07) is 7.62. The lowest BCUT2D eigenvalue weighted by Crippen LogP contribution is -2.45. The predicted molar refractivity (Wildman–Crippen MR) is 94.2 cm³/mol. The fourth-order valence-electron chi connectivity index (χ4n) is 2.80. The number of amides is 1. The number of nitrogens with one attached hydrogen (secondary N) is 1. The SMILES string of the molecule is CN1CCN(CCOC(=O)CC2Sc3ccccc3NC2=O)CC1. The smallest absolute Gasteiger partial charge is 0.307 e. The molecule has 1 amide bonds. The Morgan fingerprint density at radius 2 is 2.04 bits per heavy atom. The zero-order chi connectivity index (χ0) is 16.9. The summed E-state index contributed by atoms with van der Waals surface area (Å²) in [5.74, 6) is -0.439. The van der Waals surface area contributed by atoms with Gasteiger partial charge in [-0.1, -0.05) is 12.1 Å². The van der Waals surface area contributed by atoms with E-state index in [9.17, 15) is 9.59 Å². The van der Waals surface area contributed by atoms with E-state index in [0.717, 1.165) is 43.3 Å². The standard InChI is InChI=1S/C17H23N3O3S/c1-19-6-8-20(9-7-19)10-11-23-16(21)12-15-17(22)18-13-4-2-3-5-14(13)24-15/h2-5,15H,6-12H2,1H3,(H,18,22). The Balaban J connectivity index is 1.41. The largest absolute Gasteiger partial charge is 0.464 e. The molecule has 2 aliphatic rings. The Bertz CT molecular complexity index is 602. The molecule has 1 saturated heterocycles. The molecule has 0 aliphatic carbocycles. The number of nitrogens with zero attached hydrogens (tertiary/aromatic N) is 2. The third-order valence-electron chi connectivity index (χ3n) is 4.33. The Morgan fingerprint density at radius 3 is 2.83 bits per heavy atom. The van der Waals surface area contributed by atoms with Crippen molar-refractivity contribution < 1.29 is 14.3 Å². The number of hydrogen-bond acceptors (Lipinski definition) is 6. The van der Waals surface area contributed by atoms with Crippen molar-refractivity contribution in [3.8, 4) is 0 Å². The van der Waals surface area contributed by atoms with Crippen molar-refractivity contribution in [2.24, 2.45) is 0 Å². The number of esters is 1. The average molecular weight is 349 g/mol. The molecule has 1 aromatic rings. The molecule has 1 atom stereocenters. The second kappa shape index (κ2) is 8.00. The third-order valence-corrected chi connectivity index (χ3v) is 5.60. The number of anilines is 1. The number of carbonyl (C=O) groups excluding carboxylic acids is 2. The van der Waals surface area contributed by atoms with Crippen molar-refractivity contribution >= 4 is 29.3 Å². The van der Waals surface area contributed by atoms with Crippen LogP contribution >= 0.6 is 11.8 Å². The first-order chi connectivity index (χ1) is 11.6. The summed E-state index contributed by atoms with van der Waals surface area (Å²) >= 11 is 1.43. The number of hydrogen-bond donors (Lipinski definition) is 1. The molecular formula is C17H23N3O3S. The minimum Gasteiger partial charge on any atom is -0.464 e. The zero-order valence-electron chi connectivity index (χ0n) is 13.9. The van der Waals surface area contributed by atoms with Gasteiger partial charge in [0.2, 0.25) is 5.91 Å². The molecule has 24 heavy (non-hydrogen) atoms. The number of para-hydroxylation sites is 1. The van der Waals surface area contributed by atoms with Gasteiger partial charge >= 0.3 is 5.97 Å². The van der Waals surface area contributed by atoms with Crippen LogP contribution in [0.25, 0.3) is 0 Å². The van der Waals surface area contributed by atoms with Gasteiger partial charge in [0.15, 0.2) is 0 Å². The molecule has 6 nitrogen and oxygen atoms in total. The van der Waals surface area contributed by atoms with Crippen LogP contribution in [0.1, 0.15) is 6.42 Å². The van der Waals surface area contributed by atoms with Gasteiger partial charge in [0.25, 0.3) is 0 Å². The highest BCUT2D eigenvalue weighted by molar-refractivity contribution is 8.01. The van der Waals surface area contributed by atoms with Gasteiger partial charge in [0.05, 0.1) is 17.4 Å². The molecule has 1 fully saturated rings. The summed E-state index contributed by atoms with van der Waals surface area (Å²) < 4.78 is 5.32. The van der Waals surface area contributed by atoms with Crippen molar-refractivity contribution in [1.82, 2.24) is 9.80 Å². The van der Waals surface area contributed by atoms with Crippen LogP contribution in [0.15, 0.2) is 29.2 Å². The summed E-state index contributed by atoms with van der Waals surface area (Å²) in [6.45, 7) is 5.25. The fourth-order valence-corrected chi connectivity index (χ4v) is 3.89. The predicted octanol–water partition coefficient (Wildman–Crippen LogP) is 1.28. The van der Waals surface area contributed by atoms with Crippen LogP contribution in [0.2, 0.25) is 0 Å². The first-order valence-corrected chi connectivity index (χ1v) is 9.13. The van der Waals surface area contributed by atoms with E-state index >= 15 is 0 Å². The lowest BCUT2D eigenvalue weighted by atomic mass is 10.2. The Labute approximate surface area is 146 Å². The van der Waals surface area contributed by atoms with E-state index in [0.29, 0.717) is 6.61 Å². The molecule has 1 N–H and O–H groups in total. The van der Waals surface area contributed by atoms with E-state index in [2.05, 4.69) is 22.2 Å². The van der Waals surface area contributed by atoms with E-state index in [-0.39, 0.29) is 18.3 Å². The van der Waals surface area contributed by atoms with Gasteiger partial charge in [-0.25, -0.2) is 0 Å². The second-order valence-corrected chi connectivity index (χ2v) is 7.41. The molecule has 0 saturated carbocycles. The van der Waals surface area contributed by atoms with E-state index in [1.54, 1.807) is 0 Å². The van der Waals surface area contributed by atoms with Gasteiger partial charge in [-0.05, 0) is 19.2 Å². The van der Waals surface area contributed by atoms with Crippen molar-refractivity contribution in [3.63, 3.8) is 0 Å². The monoisotopic (exact) mass is 349 g/mol. The molecule has 0 bridgehead atoms. The van der Waals surface area contributed by atoms with Crippen molar-refractivity contribution in [3.05, 3.63) is 24.3 Å². The van der Waals surface area contributed by atoms with E-state index in [1.165, 1.54) is 11.8 Å². The molecule has 2 heterocycles.